The predicted octanol–water partition coefficient (Wildman–Crippen LogP) is 5.30. The lowest BCUT2D eigenvalue weighted by Gasteiger charge is -2.23. The highest BCUT2D eigenvalue weighted by molar-refractivity contribution is 6.38. The fourth-order valence-electron chi connectivity index (χ4n) is 4.02. The zero-order valence-corrected chi connectivity index (χ0v) is 20.9. The van der Waals surface area contributed by atoms with Gasteiger partial charge in [0, 0.05) is 41.5 Å². The monoisotopic (exact) mass is 488 g/mol. The van der Waals surface area contributed by atoms with Gasteiger partial charge in [-0.25, -0.2) is 0 Å². The van der Waals surface area contributed by atoms with Gasteiger partial charge < -0.3 is 20.4 Å². The van der Waals surface area contributed by atoms with E-state index in [1.807, 2.05) is 86.6 Å². The average molecular weight is 489 g/mol. The van der Waals surface area contributed by atoms with E-state index >= 15 is 0 Å². The van der Waals surface area contributed by atoms with Crippen LogP contribution >= 0.6 is 11.6 Å². The highest BCUT2D eigenvalue weighted by Gasteiger charge is 2.28. The number of amides is 2. The number of anilines is 2. The molecule has 1 aliphatic rings. The molecule has 0 spiro atoms. The summed E-state index contributed by atoms with van der Waals surface area (Å²) in [7, 11) is 3.99. The number of halogens is 1. The molecule has 0 bridgehead atoms. The zero-order valence-electron chi connectivity index (χ0n) is 20.1. The number of hydrogen-bond acceptors (Lipinski definition) is 4. The second kappa shape index (κ2) is 10.8. The SMILES string of the molecule is CCN(CCN(C)C)C(=O)c1ccc(N/C(=C2\C(=O)Nc3cc(Cl)ccc32)c2ccccc2)cc1. The third kappa shape index (κ3) is 5.56. The summed E-state index contributed by atoms with van der Waals surface area (Å²) in [6, 6.07) is 22.5. The maximum Gasteiger partial charge on any atom is 0.258 e. The number of benzene rings is 3. The molecule has 0 aromatic heterocycles. The quantitative estimate of drug-likeness (QED) is 0.422. The molecule has 0 saturated carbocycles. The molecule has 35 heavy (non-hydrogen) atoms. The van der Waals surface area contributed by atoms with Crippen molar-refractivity contribution in [3.63, 3.8) is 0 Å². The van der Waals surface area contributed by atoms with E-state index < -0.39 is 0 Å². The van der Waals surface area contributed by atoms with Crippen molar-refractivity contribution in [2.24, 2.45) is 0 Å². The Morgan fingerprint density at radius 1 is 0.943 bits per heavy atom. The molecule has 6 nitrogen and oxygen atoms in total. The van der Waals surface area contributed by atoms with Crippen LogP contribution < -0.4 is 10.6 Å². The molecule has 0 saturated heterocycles. The smallest absolute Gasteiger partial charge is 0.258 e. The van der Waals surface area contributed by atoms with Crippen LogP contribution in [0, 0.1) is 0 Å². The molecular weight excluding hydrogens is 460 g/mol. The summed E-state index contributed by atoms with van der Waals surface area (Å²) in [5, 5.41) is 6.90. The Morgan fingerprint density at radius 3 is 2.31 bits per heavy atom. The van der Waals surface area contributed by atoms with Crippen molar-refractivity contribution in [1.82, 2.24) is 9.80 Å². The minimum Gasteiger partial charge on any atom is -0.354 e. The van der Waals surface area contributed by atoms with Crippen LogP contribution in [0.5, 0.6) is 0 Å². The highest BCUT2D eigenvalue weighted by Crippen LogP contribution is 2.38. The number of carbonyl (C=O) groups is 2. The van der Waals surface area contributed by atoms with Gasteiger partial charge in [-0.1, -0.05) is 48.0 Å². The van der Waals surface area contributed by atoms with Crippen molar-refractivity contribution in [3.8, 4) is 0 Å². The molecule has 1 heterocycles. The van der Waals surface area contributed by atoms with Crippen molar-refractivity contribution in [1.29, 1.82) is 0 Å². The molecule has 3 aromatic rings. The van der Waals surface area contributed by atoms with Crippen LogP contribution in [0.25, 0.3) is 11.3 Å². The number of fused-ring (bicyclic) bond motifs is 1. The molecule has 1 aliphatic heterocycles. The maximum atomic E-state index is 13.0. The van der Waals surface area contributed by atoms with E-state index in [0.717, 1.165) is 23.4 Å². The summed E-state index contributed by atoms with van der Waals surface area (Å²) in [4.78, 5) is 29.9. The van der Waals surface area contributed by atoms with Crippen LogP contribution in [0.4, 0.5) is 11.4 Å². The van der Waals surface area contributed by atoms with Crippen molar-refractivity contribution < 1.29 is 9.59 Å². The lowest BCUT2D eigenvalue weighted by molar-refractivity contribution is -0.110. The Kier molecular flexibility index (Phi) is 7.54. The van der Waals surface area contributed by atoms with Crippen molar-refractivity contribution in [2.45, 2.75) is 6.92 Å². The normalized spacial score (nSPS) is 13.9. The Labute approximate surface area is 211 Å². The van der Waals surface area contributed by atoms with Gasteiger partial charge in [-0.05, 0) is 63.0 Å². The van der Waals surface area contributed by atoms with E-state index in [4.69, 9.17) is 11.6 Å². The number of rotatable bonds is 8. The van der Waals surface area contributed by atoms with Gasteiger partial charge in [0.05, 0.1) is 17.0 Å². The van der Waals surface area contributed by atoms with Crippen LogP contribution in [0.1, 0.15) is 28.4 Å². The summed E-state index contributed by atoms with van der Waals surface area (Å²) in [5.74, 6) is -0.191. The van der Waals surface area contributed by atoms with E-state index in [2.05, 4.69) is 15.5 Å². The van der Waals surface area contributed by atoms with Crippen LogP contribution in [0.15, 0.2) is 72.8 Å². The molecule has 3 aromatic carbocycles. The van der Waals surface area contributed by atoms with E-state index in [1.165, 1.54) is 0 Å². The largest absolute Gasteiger partial charge is 0.354 e. The molecule has 0 unspecified atom stereocenters. The standard InChI is InChI=1S/C28H29ClN4O2/c1-4-33(17-16-32(2)3)28(35)20-10-13-22(14-11-20)30-26(19-8-6-5-7-9-19)25-23-15-12-21(29)18-24(23)31-27(25)34/h5-15,18,30H,4,16-17H2,1-3H3,(H,31,34)/b26-25-. The van der Waals surface area contributed by atoms with Crippen LogP contribution in [-0.2, 0) is 4.79 Å². The molecule has 180 valence electrons. The first-order valence-corrected chi connectivity index (χ1v) is 12.0. The molecule has 0 radical (unpaired) electrons. The Bertz CT molecular complexity index is 1250. The zero-order chi connectivity index (χ0) is 24.9. The molecule has 0 aliphatic carbocycles. The van der Waals surface area contributed by atoms with Gasteiger partial charge in [0.25, 0.3) is 11.8 Å². The van der Waals surface area contributed by atoms with E-state index in [0.29, 0.717) is 40.6 Å². The minimum absolute atomic E-state index is 0.00325. The van der Waals surface area contributed by atoms with E-state index in [-0.39, 0.29) is 11.8 Å². The molecule has 0 atom stereocenters. The summed E-state index contributed by atoms with van der Waals surface area (Å²) in [6.45, 7) is 4.11. The van der Waals surface area contributed by atoms with E-state index in [9.17, 15) is 9.59 Å². The van der Waals surface area contributed by atoms with Crippen LogP contribution in [0.3, 0.4) is 0 Å². The first kappa shape index (κ1) is 24.5. The van der Waals surface area contributed by atoms with Crippen molar-refractivity contribution >= 4 is 46.1 Å². The lowest BCUT2D eigenvalue weighted by atomic mass is 10.00. The fraction of sp³-hybridized carbons (Fsp3) is 0.214. The lowest BCUT2D eigenvalue weighted by Crippen LogP contribution is -2.36. The number of nitrogens with zero attached hydrogens (tertiary/aromatic N) is 2. The predicted molar refractivity (Wildman–Crippen MR) is 144 cm³/mol. The highest BCUT2D eigenvalue weighted by atomic mass is 35.5. The fourth-order valence-corrected chi connectivity index (χ4v) is 4.20. The molecular formula is C28H29ClN4O2. The van der Waals surface area contributed by atoms with Gasteiger partial charge in [-0.15, -0.1) is 0 Å². The van der Waals surface area contributed by atoms with E-state index in [1.54, 1.807) is 12.1 Å². The number of likely N-dealkylation sites (N-methyl/N-ethyl adjacent to an activating group) is 2. The summed E-state index contributed by atoms with van der Waals surface area (Å²) < 4.78 is 0. The second-order valence-corrected chi connectivity index (χ2v) is 9.09. The molecule has 2 N–H and O–H groups in total. The Hall–Kier alpha value is -3.61. The van der Waals surface area contributed by atoms with Crippen LogP contribution in [0.2, 0.25) is 5.02 Å². The van der Waals surface area contributed by atoms with Gasteiger partial charge in [-0.2, -0.15) is 0 Å². The van der Waals surface area contributed by atoms with Crippen molar-refractivity contribution in [2.75, 3.05) is 44.4 Å². The topological polar surface area (TPSA) is 64.7 Å². The molecule has 2 amide bonds. The molecule has 0 fully saturated rings. The first-order valence-electron chi connectivity index (χ1n) is 11.6. The average Bonchev–Trinajstić information content (AvgIpc) is 3.18. The van der Waals surface area contributed by atoms with Gasteiger partial charge >= 0.3 is 0 Å². The molecule has 7 heteroatoms. The van der Waals surface area contributed by atoms with Crippen LogP contribution in [-0.4, -0.2) is 55.3 Å². The van der Waals surface area contributed by atoms with Gasteiger partial charge in [0.2, 0.25) is 0 Å². The first-order chi connectivity index (χ1) is 16.9. The maximum absolute atomic E-state index is 13.0. The molecule has 4 rings (SSSR count). The number of hydrogen-bond donors (Lipinski definition) is 2. The number of nitrogens with one attached hydrogen (secondary N) is 2. The minimum atomic E-state index is -0.195. The summed E-state index contributed by atoms with van der Waals surface area (Å²) in [5.41, 5.74) is 4.99. The Balaban J connectivity index is 1.66. The third-order valence-electron chi connectivity index (χ3n) is 5.93. The summed E-state index contributed by atoms with van der Waals surface area (Å²) in [6.07, 6.45) is 0. The van der Waals surface area contributed by atoms with Gasteiger partial charge in [-0.3, -0.25) is 9.59 Å². The Morgan fingerprint density at radius 2 is 1.66 bits per heavy atom. The number of carbonyl (C=O) groups excluding carboxylic acids is 2. The van der Waals surface area contributed by atoms with Gasteiger partial charge in [0.1, 0.15) is 0 Å². The second-order valence-electron chi connectivity index (χ2n) is 8.65. The van der Waals surface area contributed by atoms with Crippen molar-refractivity contribution in [3.05, 3.63) is 94.5 Å². The third-order valence-corrected chi connectivity index (χ3v) is 6.16. The van der Waals surface area contributed by atoms with Gasteiger partial charge in [0.15, 0.2) is 0 Å². The summed E-state index contributed by atoms with van der Waals surface area (Å²) >= 11 is 6.14.